The minimum atomic E-state index is -0.658. The average molecular weight is 414 g/mol. The number of ether oxygens (including phenoxy) is 2. The van der Waals surface area contributed by atoms with Gasteiger partial charge in [0.15, 0.2) is 0 Å². The van der Waals surface area contributed by atoms with Crippen LogP contribution in [-0.2, 0) is 4.74 Å². The van der Waals surface area contributed by atoms with Gasteiger partial charge in [-0.1, -0.05) is 18.2 Å². The van der Waals surface area contributed by atoms with Crippen molar-refractivity contribution in [3.63, 3.8) is 0 Å². The first kappa shape index (κ1) is 19.8. The standard InChI is InChI=1S/C22H22O6S/c1-27-18-10-17(25)15(19-8-13(24)7-14(11-23)28-19)9-16(18)22(26)21-6-12-4-2-3-5-20(12)29-21/h2-6,9-10,13-14,19,23-25H,7-8,11H2,1H3. The molecule has 0 bridgehead atoms. The second-order valence-electron chi connectivity index (χ2n) is 7.14. The molecule has 7 heteroatoms. The van der Waals surface area contributed by atoms with Gasteiger partial charge in [0.05, 0.1) is 42.5 Å². The molecule has 0 amide bonds. The topological polar surface area (TPSA) is 96.2 Å². The number of ketones is 1. The van der Waals surface area contributed by atoms with E-state index in [9.17, 15) is 20.1 Å². The zero-order chi connectivity index (χ0) is 20.5. The summed E-state index contributed by atoms with van der Waals surface area (Å²) in [5.74, 6) is -0.0198. The largest absolute Gasteiger partial charge is 0.507 e. The number of hydrogen-bond acceptors (Lipinski definition) is 7. The van der Waals surface area contributed by atoms with E-state index in [1.165, 1.54) is 24.5 Å². The number of carbonyl (C=O) groups excluding carboxylic acids is 1. The third kappa shape index (κ3) is 3.86. The summed E-state index contributed by atoms with van der Waals surface area (Å²) in [4.78, 5) is 13.8. The molecule has 0 saturated carbocycles. The molecular formula is C22H22O6S. The van der Waals surface area contributed by atoms with Crippen LogP contribution in [0.3, 0.4) is 0 Å². The molecule has 2 heterocycles. The molecular weight excluding hydrogens is 392 g/mol. The molecule has 3 N–H and O–H groups in total. The van der Waals surface area contributed by atoms with E-state index in [1.54, 1.807) is 6.07 Å². The van der Waals surface area contributed by atoms with E-state index < -0.39 is 18.3 Å². The monoisotopic (exact) mass is 414 g/mol. The van der Waals surface area contributed by atoms with Gasteiger partial charge in [-0.3, -0.25) is 4.79 Å². The fourth-order valence-electron chi connectivity index (χ4n) is 3.72. The van der Waals surface area contributed by atoms with Crippen LogP contribution in [-0.4, -0.2) is 47.0 Å². The van der Waals surface area contributed by atoms with Crippen LogP contribution in [0.1, 0.15) is 39.7 Å². The fraction of sp³-hybridized carbons (Fsp3) is 0.318. The molecule has 1 fully saturated rings. The van der Waals surface area contributed by atoms with Gasteiger partial charge in [0.1, 0.15) is 11.5 Å². The highest BCUT2D eigenvalue weighted by Gasteiger charge is 2.32. The summed E-state index contributed by atoms with van der Waals surface area (Å²) in [5, 5.41) is 31.0. The molecule has 3 unspecified atom stereocenters. The summed E-state index contributed by atoms with van der Waals surface area (Å²) in [5.41, 5.74) is 0.712. The SMILES string of the molecule is COc1cc(O)c(C2CC(O)CC(CO)O2)cc1C(=O)c1cc2ccccc2s1. The molecule has 0 aliphatic carbocycles. The van der Waals surface area contributed by atoms with Gasteiger partial charge in [-0.2, -0.15) is 0 Å². The van der Waals surface area contributed by atoms with Crippen LogP contribution < -0.4 is 4.74 Å². The van der Waals surface area contributed by atoms with Crippen molar-refractivity contribution in [3.05, 3.63) is 58.5 Å². The second kappa shape index (κ2) is 8.12. The molecule has 152 valence electrons. The molecule has 1 aliphatic heterocycles. The molecule has 0 radical (unpaired) electrons. The molecule has 3 atom stereocenters. The number of thiophene rings is 1. The Kier molecular flexibility index (Phi) is 5.56. The minimum absolute atomic E-state index is 0.0782. The first-order chi connectivity index (χ1) is 14.0. The number of phenols is 1. The number of carbonyl (C=O) groups is 1. The number of fused-ring (bicyclic) bond motifs is 1. The number of aliphatic hydroxyl groups is 2. The maximum Gasteiger partial charge on any atom is 0.206 e. The molecule has 1 aromatic heterocycles. The van der Waals surface area contributed by atoms with Crippen LogP contribution >= 0.6 is 11.3 Å². The highest BCUT2D eigenvalue weighted by atomic mass is 32.1. The molecule has 2 aromatic carbocycles. The summed E-state index contributed by atoms with van der Waals surface area (Å²) in [6.07, 6.45) is -1.21. The number of hydrogen-bond donors (Lipinski definition) is 3. The summed E-state index contributed by atoms with van der Waals surface area (Å²) in [6, 6.07) is 12.6. The molecule has 4 rings (SSSR count). The van der Waals surface area contributed by atoms with Gasteiger partial charge in [0.25, 0.3) is 0 Å². The number of benzene rings is 2. The van der Waals surface area contributed by atoms with Gasteiger partial charge in [0, 0.05) is 29.2 Å². The summed E-state index contributed by atoms with van der Waals surface area (Å²) in [6.45, 7) is -0.224. The lowest BCUT2D eigenvalue weighted by atomic mass is 9.93. The van der Waals surface area contributed by atoms with Crippen LogP contribution in [0, 0.1) is 0 Å². The van der Waals surface area contributed by atoms with Crippen molar-refractivity contribution in [2.75, 3.05) is 13.7 Å². The number of methoxy groups -OCH3 is 1. The van der Waals surface area contributed by atoms with Crippen molar-refractivity contribution in [2.24, 2.45) is 0 Å². The Morgan fingerprint density at radius 3 is 2.76 bits per heavy atom. The fourth-order valence-corrected chi connectivity index (χ4v) is 4.74. The third-order valence-corrected chi connectivity index (χ3v) is 6.29. The summed E-state index contributed by atoms with van der Waals surface area (Å²) < 4.78 is 12.2. The Labute approximate surface area is 171 Å². The zero-order valence-electron chi connectivity index (χ0n) is 15.9. The van der Waals surface area contributed by atoms with E-state index in [0.29, 0.717) is 22.4 Å². The van der Waals surface area contributed by atoms with E-state index >= 15 is 0 Å². The Morgan fingerprint density at radius 1 is 1.24 bits per heavy atom. The van der Waals surface area contributed by atoms with Crippen LogP contribution in [0.5, 0.6) is 11.5 Å². The lowest BCUT2D eigenvalue weighted by molar-refractivity contribution is -0.114. The van der Waals surface area contributed by atoms with Crippen LogP contribution in [0.2, 0.25) is 0 Å². The van der Waals surface area contributed by atoms with Crippen molar-refractivity contribution >= 4 is 27.2 Å². The number of aromatic hydroxyl groups is 1. The predicted octanol–water partition coefficient (Wildman–Crippen LogP) is 3.42. The summed E-state index contributed by atoms with van der Waals surface area (Å²) >= 11 is 1.40. The van der Waals surface area contributed by atoms with Crippen molar-refractivity contribution in [2.45, 2.75) is 31.2 Å². The molecule has 29 heavy (non-hydrogen) atoms. The first-order valence-electron chi connectivity index (χ1n) is 9.38. The lowest BCUT2D eigenvalue weighted by Gasteiger charge is -2.33. The molecule has 0 spiro atoms. The van der Waals surface area contributed by atoms with Crippen molar-refractivity contribution in [3.8, 4) is 11.5 Å². The van der Waals surface area contributed by atoms with Crippen LogP contribution in [0.25, 0.3) is 10.1 Å². The van der Waals surface area contributed by atoms with Gasteiger partial charge >= 0.3 is 0 Å². The van der Waals surface area contributed by atoms with E-state index in [-0.39, 0.29) is 30.3 Å². The Hall–Kier alpha value is -2.45. The predicted molar refractivity (Wildman–Crippen MR) is 110 cm³/mol. The Balaban J connectivity index is 1.74. The quantitative estimate of drug-likeness (QED) is 0.554. The Morgan fingerprint density at radius 2 is 2.03 bits per heavy atom. The molecule has 3 aromatic rings. The van der Waals surface area contributed by atoms with Gasteiger partial charge in [-0.25, -0.2) is 0 Å². The number of aliphatic hydroxyl groups excluding tert-OH is 2. The third-order valence-electron chi connectivity index (χ3n) is 5.17. The normalized spacial score (nSPS) is 22.0. The molecule has 1 saturated heterocycles. The number of rotatable bonds is 5. The minimum Gasteiger partial charge on any atom is -0.507 e. The highest BCUT2D eigenvalue weighted by Crippen LogP contribution is 2.40. The average Bonchev–Trinajstić information content (AvgIpc) is 3.16. The second-order valence-corrected chi connectivity index (χ2v) is 8.23. The maximum absolute atomic E-state index is 13.2. The van der Waals surface area contributed by atoms with E-state index in [0.717, 1.165) is 10.1 Å². The van der Waals surface area contributed by atoms with Gasteiger partial charge in [0.2, 0.25) is 5.78 Å². The van der Waals surface area contributed by atoms with Crippen LogP contribution in [0.4, 0.5) is 0 Å². The van der Waals surface area contributed by atoms with Crippen molar-refractivity contribution < 1.29 is 29.6 Å². The summed E-state index contributed by atoms with van der Waals surface area (Å²) in [7, 11) is 1.44. The first-order valence-corrected chi connectivity index (χ1v) is 10.2. The molecule has 1 aliphatic rings. The maximum atomic E-state index is 13.2. The smallest absolute Gasteiger partial charge is 0.206 e. The van der Waals surface area contributed by atoms with E-state index in [4.69, 9.17) is 9.47 Å². The van der Waals surface area contributed by atoms with E-state index in [2.05, 4.69) is 0 Å². The van der Waals surface area contributed by atoms with Crippen LogP contribution in [0.15, 0.2) is 42.5 Å². The van der Waals surface area contributed by atoms with Gasteiger partial charge in [-0.05, 0) is 23.6 Å². The van der Waals surface area contributed by atoms with Crippen molar-refractivity contribution in [1.29, 1.82) is 0 Å². The van der Waals surface area contributed by atoms with Crippen molar-refractivity contribution in [1.82, 2.24) is 0 Å². The Bertz CT molecular complexity index is 1010. The van der Waals surface area contributed by atoms with Gasteiger partial charge in [-0.15, -0.1) is 11.3 Å². The number of phenolic OH excluding ortho intramolecular Hbond substituents is 1. The lowest BCUT2D eigenvalue weighted by Crippen LogP contribution is -2.33. The molecule has 6 nitrogen and oxygen atoms in total. The van der Waals surface area contributed by atoms with E-state index in [1.807, 2.05) is 30.3 Å². The van der Waals surface area contributed by atoms with Gasteiger partial charge < -0.3 is 24.8 Å². The highest BCUT2D eigenvalue weighted by molar-refractivity contribution is 7.21. The zero-order valence-corrected chi connectivity index (χ0v) is 16.7.